The predicted octanol–water partition coefficient (Wildman–Crippen LogP) is 3.03. The highest BCUT2D eigenvalue weighted by Gasteiger charge is 2.30. The minimum absolute atomic E-state index is 0.0481. The Hall–Kier alpha value is -0.920. The van der Waals surface area contributed by atoms with Crippen molar-refractivity contribution in [3.63, 3.8) is 0 Å². The Morgan fingerprint density at radius 3 is 2.00 bits per heavy atom. The van der Waals surface area contributed by atoms with Gasteiger partial charge in [0.2, 0.25) is 0 Å². The number of nitrogens with two attached hydrogens (primary N) is 1. The summed E-state index contributed by atoms with van der Waals surface area (Å²) in [5.41, 5.74) is 4.31. The lowest BCUT2D eigenvalue weighted by molar-refractivity contribution is -0.137. The van der Waals surface area contributed by atoms with Gasteiger partial charge in [-0.3, -0.25) is 0 Å². The van der Waals surface area contributed by atoms with Gasteiger partial charge in [0.05, 0.1) is 10.5 Å². The maximum atomic E-state index is 12.0. The SMILES string of the molecule is CCCCN.O=S(O)c1ccc(C(F)(F)F)cc1. The molecule has 104 valence electrons. The van der Waals surface area contributed by atoms with Crippen LogP contribution in [-0.4, -0.2) is 15.3 Å². The van der Waals surface area contributed by atoms with Crippen molar-refractivity contribution < 1.29 is 21.9 Å². The van der Waals surface area contributed by atoms with Crippen molar-refractivity contribution in [1.82, 2.24) is 0 Å². The highest BCUT2D eigenvalue weighted by Crippen LogP contribution is 2.29. The fourth-order valence-electron chi connectivity index (χ4n) is 0.964. The Bertz CT molecular complexity index is 364. The smallest absolute Gasteiger partial charge is 0.330 e. The van der Waals surface area contributed by atoms with E-state index in [1.54, 1.807) is 0 Å². The van der Waals surface area contributed by atoms with E-state index in [2.05, 4.69) is 6.92 Å². The number of halogens is 3. The van der Waals surface area contributed by atoms with Crippen LogP contribution in [0.5, 0.6) is 0 Å². The van der Waals surface area contributed by atoms with E-state index in [-0.39, 0.29) is 4.90 Å². The van der Waals surface area contributed by atoms with Gasteiger partial charge in [-0.25, -0.2) is 4.21 Å². The lowest BCUT2D eigenvalue weighted by atomic mass is 10.2. The molecule has 1 rings (SSSR count). The van der Waals surface area contributed by atoms with E-state index >= 15 is 0 Å². The third-order valence-corrected chi connectivity index (χ3v) is 2.62. The molecule has 1 aromatic carbocycles. The lowest BCUT2D eigenvalue weighted by Gasteiger charge is -2.05. The summed E-state index contributed by atoms with van der Waals surface area (Å²) in [5.74, 6) is 0. The average molecular weight is 283 g/mol. The van der Waals surface area contributed by atoms with Crippen LogP contribution in [0.2, 0.25) is 0 Å². The summed E-state index contributed by atoms with van der Waals surface area (Å²) >= 11 is -2.23. The molecule has 3 nitrogen and oxygen atoms in total. The molecular weight excluding hydrogens is 267 g/mol. The van der Waals surface area contributed by atoms with Crippen LogP contribution in [0, 0.1) is 0 Å². The summed E-state index contributed by atoms with van der Waals surface area (Å²) < 4.78 is 54.8. The Balaban J connectivity index is 0.000000494. The average Bonchev–Trinajstić information content (AvgIpc) is 2.30. The summed E-state index contributed by atoms with van der Waals surface area (Å²) in [7, 11) is 0. The van der Waals surface area contributed by atoms with Gasteiger partial charge >= 0.3 is 6.18 Å². The molecule has 0 bridgehead atoms. The van der Waals surface area contributed by atoms with Gasteiger partial charge in [-0.15, -0.1) is 0 Å². The molecule has 1 unspecified atom stereocenters. The molecule has 0 spiro atoms. The third kappa shape index (κ3) is 6.73. The van der Waals surface area contributed by atoms with E-state index in [0.717, 1.165) is 30.8 Å². The molecule has 0 amide bonds. The van der Waals surface area contributed by atoms with Gasteiger partial charge in [0.1, 0.15) is 0 Å². The maximum Gasteiger partial charge on any atom is 0.416 e. The normalized spacial score (nSPS) is 12.6. The molecule has 1 atom stereocenters. The first-order valence-corrected chi connectivity index (χ1v) is 6.41. The zero-order chi connectivity index (χ0) is 14.2. The molecule has 0 saturated carbocycles. The largest absolute Gasteiger partial charge is 0.416 e. The zero-order valence-corrected chi connectivity index (χ0v) is 10.7. The fraction of sp³-hybridized carbons (Fsp3) is 0.455. The van der Waals surface area contributed by atoms with E-state index in [1.165, 1.54) is 12.8 Å². The molecule has 1 aromatic rings. The summed E-state index contributed by atoms with van der Waals surface area (Å²) in [4.78, 5) is -0.0481. The fourth-order valence-corrected chi connectivity index (χ4v) is 1.33. The standard InChI is InChI=1S/C7H5F3O2S.C4H11N/c8-7(9,10)5-1-3-6(4-2-5)13(11)12;1-2-3-4-5/h1-4H,(H,11,12);2-5H2,1H3. The predicted molar refractivity (Wildman–Crippen MR) is 64.4 cm³/mol. The summed E-state index contributed by atoms with van der Waals surface area (Å²) in [6.45, 7) is 2.98. The summed E-state index contributed by atoms with van der Waals surface area (Å²) in [6.07, 6.45) is -2.02. The highest BCUT2D eigenvalue weighted by molar-refractivity contribution is 7.79. The van der Waals surface area contributed by atoms with Crippen LogP contribution in [0.15, 0.2) is 29.2 Å². The Labute approximate surface area is 106 Å². The van der Waals surface area contributed by atoms with E-state index in [0.29, 0.717) is 0 Å². The molecule has 0 radical (unpaired) electrons. The number of unbranched alkanes of at least 4 members (excludes halogenated alkanes) is 1. The molecule has 0 heterocycles. The first kappa shape index (κ1) is 17.1. The van der Waals surface area contributed by atoms with Gasteiger partial charge in [-0.2, -0.15) is 13.2 Å². The Morgan fingerprint density at radius 2 is 1.78 bits per heavy atom. The number of hydrogen-bond donors (Lipinski definition) is 2. The number of rotatable bonds is 3. The summed E-state index contributed by atoms with van der Waals surface area (Å²) in [6, 6.07) is 3.48. The van der Waals surface area contributed by atoms with Crippen LogP contribution in [0.3, 0.4) is 0 Å². The van der Waals surface area contributed by atoms with Gasteiger partial charge in [0, 0.05) is 0 Å². The van der Waals surface area contributed by atoms with Crippen LogP contribution >= 0.6 is 0 Å². The van der Waals surface area contributed by atoms with Gasteiger partial charge in [-0.05, 0) is 37.2 Å². The molecule has 0 aliphatic rings. The van der Waals surface area contributed by atoms with Crippen molar-refractivity contribution in [1.29, 1.82) is 0 Å². The van der Waals surface area contributed by atoms with E-state index in [4.69, 9.17) is 10.3 Å². The molecule has 0 fully saturated rings. The van der Waals surface area contributed by atoms with Gasteiger partial charge < -0.3 is 10.3 Å². The van der Waals surface area contributed by atoms with Crippen molar-refractivity contribution in [2.75, 3.05) is 6.54 Å². The molecule has 7 heteroatoms. The quantitative estimate of drug-likeness (QED) is 0.838. The van der Waals surface area contributed by atoms with E-state index in [9.17, 15) is 17.4 Å². The molecule has 0 aliphatic carbocycles. The lowest BCUT2D eigenvalue weighted by Crippen LogP contribution is -2.04. The highest BCUT2D eigenvalue weighted by atomic mass is 32.2. The molecule has 3 N–H and O–H groups in total. The van der Waals surface area contributed by atoms with Crippen LogP contribution in [0.4, 0.5) is 13.2 Å². The van der Waals surface area contributed by atoms with Crippen LogP contribution in [0.25, 0.3) is 0 Å². The minimum Gasteiger partial charge on any atom is -0.330 e. The number of benzene rings is 1. The van der Waals surface area contributed by atoms with Crippen LogP contribution in [0.1, 0.15) is 25.3 Å². The van der Waals surface area contributed by atoms with Crippen LogP contribution < -0.4 is 5.73 Å². The van der Waals surface area contributed by atoms with Crippen molar-refractivity contribution >= 4 is 11.1 Å². The second-order valence-electron chi connectivity index (χ2n) is 3.41. The molecule has 0 saturated heterocycles. The molecule has 18 heavy (non-hydrogen) atoms. The van der Waals surface area contributed by atoms with Gasteiger partial charge in [-0.1, -0.05) is 13.3 Å². The van der Waals surface area contributed by atoms with Crippen LogP contribution in [-0.2, 0) is 17.3 Å². The first-order valence-electron chi connectivity index (χ1n) is 5.31. The molecule has 0 aromatic heterocycles. The summed E-state index contributed by atoms with van der Waals surface area (Å²) in [5, 5.41) is 0. The Morgan fingerprint density at radius 1 is 1.28 bits per heavy atom. The van der Waals surface area contributed by atoms with E-state index in [1.807, 2.05) is 0 Å². The molecule has 0 aliphatic heterocycles. The topological polar surface area (TPSA) is 63.3 Å². The first-order chi connectivity index (χ1) is 8.32. The van der Waals surface area contributed by atoms with Crippen molar-refractivity contribution in [3.05, 3.63) is 29.8 Å². The minimum atomic E-state index is -4.41. The van der Waals surface area contributed by atoms with E-state index < -0.39 is 22.8 Å². The monoisotopic (exact) mass is 283 g/mol. The maximum absolute atomic E-state index is 12.0. The van der Waals surface area contributed by atoms with Crippen molar-refractivity contribution in [2.24, 2.45) is 5.73 Å². The number of alkyl halides is 3. The van der Waals surface area contributed by atoms with Gasteiger partial charge in [0.25, 0.3) is 0 Å². The Kier molecular flexibility index (Phi) is 7.81. The number of hydrogen-bond acceptors (Lipinski definition) is 2. The zero-order valence-electron chi connectivity index (χ0n) is 9.91. The molecular formula is C11H16F3NO2S. The second kappa shape index (κ2) is 8.23. The van der Waals surface area contributed by atoms with Crippen molar-refractivity contribution in [3.8, 4) is 0 Å². The van der Waals surface area contributed by atoms with Gasteiger partial charge in [0.15, 0.2) is 11.1 Å². The second-order valence-corrected chi connectivity index (χ2v) is 4.38. The third-order valence-electron chi connectivity index (χ3n) is 1.94. The van der Waals surface area contributed by atoms with Crippen molar-refractivity contribution in [2.45, 2.75) is 30.8 Å².